The summed E-state index contributed by atoms with van der Waals surface area (Å²) in [7, 11) is 0. The minimum atomic E-state index is -0.871. The van der Waals surface area contributed by atoms with Gasteiger partial charge in [-0.2, -0.15) is 0 Å². The van der Waals surface area contributed by atoms with Gasteiger partial charge in [0, 0.05) is 12.3 Å². The molecule has 2 aliphatic rings. The van der Waals surface area contributed by atoms with Crippen molar-refractivity contribution in [3.05, 3.63) is 35.4 Å². The smallest absolute Gasteiger partial charge is 0.159 e. The van der Waals surface area contributed by atoms with Crippen molar-refractivity contribution < 1.29 is 13.6 Å². The van der Waals surface area contributed by atoms with Gasteiger partial charge >= 0.3 is 0 Å². The van der Waals surface area contributed by atoms with E-state index in [0.717, 1.165) is 36.8 Å². The van der Waals surface area contributed by atoms with Gasteiger partial charge in [0.2, 0.25) is 0 Å². The molecule has 2 fully saturated rings. The molecule has 0 saturated heterocycles. The third-order valence-electron chi connectivity index (χ3n) is 4.06. The van der Waals surface area contributed by atoms with Crippen LogP contribution in [0.1, 0.15) is 24.8 Å². The van der Waals surface area contributed by atoms with Crippen LogP contribution < -0.4 is 0 Å². The summed E-state index contributed by atoms with van der Waals surface area (Å²) in [4.78, 5) is 12.0. The van der Waals surface area contributed by atoms with Crippen LogP contribution in [-0.4, -0.2) is 5.78 Å². The largest absolute Gasteiger partial charge is 0.299 e. The van der Waals surface area contributed by atoms with Crippen LogP contribution in [0.5, 0.6) is 0 Å². The van der Waals surface area contributed by atoms with Crippen LogP contribution in [-0.2, 0) is 11.2 Å². The molecule has 0 radical (unpaired) electrons. The Kier molecular flexibility index (Phi) is 2.49. The van der Waals surface area contributed by atoms with E-state index >= 15 is 0 Å². The highest BCUT2D eigenvalue weighted by Gasteiger charge is 2.47. The molecule has 1 aromatic carbocycles. The number of fused-ring (bicyclic) bond motifs is 1. The van der Waals surface area contributed by atoms with E-state index in [9.17, 15) is 13.6 Å². The first-order chi connectivity index (χ1) is 8.13. The predicted molar refractivity (Wildman–Crippen MR) is 59.4 cm³/mol. The number of halogens is 2. The molecule has 0 amide bonds. The Morgan fingerprint density at radius 1 is 1.12 bits per heavy atom. The number of hydrogen-bond donors (Lipinski definition) is 0. The maximum atomic E-state index is 13.0. The van der Waals surface area contributed by atoms with E-state index in [0.29, 0.717) is 5.56 Å². The molecule has 3 rings (SSSR count). The summed E-state index contributed by atoms with van der Waals surface area (Å²) in [5.41, 5.74) is 0.578. The molecule has 2 unspecified atom stereocenters. The highest BCUT2D eigenvalue weighted by atomic mass is 19.2. The highest BCUT2D eigenvalue weighted by molar-refractivity contribution is 5.83. The molecule has 0 N–H and O–H groups in total. The lowest BCUT2D eigenvalue weighted by atomic mass is 9.94. The maximum absolute atomic E-state index is 13.0. The standard InChI is InChI=1S/C14H14F2O/c15-12-2-1-8(3-13(12)16)4-14(17)11-6-9-5-10(9)7-11/h1-3,9-11H,4-7H2. The van der Waals surface area contributed by atoms with Gasteiger partial charge in [-0.05, 0) is 48.8 Å². The SMILES string of the molecule is O=C(Cc1ccc(F)c(F)c1)C1CC2CC2C1. The number of ketones is 1. The average molecular weight is 236 g/mol. The van der Waals surface area contributed by atoms with Crippen molar-refractivity contribution in [2.45, 2.75) is 25.7 Å². The van der Waals surface area contributed by atoms with Crippen LogP contribution in [0.15, 0.2) is 18.2 Å². The van der Waals surface area contributed by atoms with Crippen molar-refractivity contribution in [2.75, 3.05) is 0 Å². The van der Waals surface area contributed by atoms with Gasteiger partial charge in [0.15, 0.2) is 11.6 Å². The fourth-order valence-corrected chi connectivity index (χ4v) is 2.97. The molecule has 0 spiro atoms. The van der Waals surface area contributed by atoms with Crippen LogP contribution in [0.2, 0.25) is 0 Å². The third kappa shape index (κ3) is 2.11. The van der Waals surface area contributed by atoms with Crippen molar-refractivity contribution in [1.29, 1.82) is 0 Å². The van der Waals surface area contributed by atoms with Crippen LogP contribution in [0.25, 0.3) is 0 Å². The molecule has 0 heterocycles. The van der Waals surface area contributed by atoms with E-state index in [-0.39, 0.29) is 18.1 Å². The topological polar surface area (TPSA) is 17.1 Å². The van der Waals surface area contributed by atoms with E-state index in [1.165, 1.54) is 12.5 Å². The van der Waals surface area contributed by atoms with Crippen LogP contribution in [0.4, 0.5) is 8.78 Å². The average Bonchev–Trinajstić information content (AvgIpc) is 2.91. The molecular formula is C14H14F2O. The normalized spacial score (nSPS) is 30.1. The quantitative estimate of drug-likeness (QED) is 0.788. The number of benzene rings is 1. The summed E-state index contributed by atoms with van der Waals surface area (Å²) in [5.74, 6) is 0.158. The van der Waals surface area contributed by atoms with Crippen molar-refractivity contribution in [1.82, 2.24) is 0 Å². The Morgan fingerprint density at radius 2 is 1.82 bits per heavy atom. The number of carbonyl (C=O) groups excluding carboxylic acids is 1. The molecular weight excluding hydrogens is 222 g/mol. The van der Waals surface area contributed by atoms with Gasteiger partial charge in [-0.3, -0.25) is 4.79 Å². The summed E-state index contributed by atoms with van der Waals surface area (Å²) in [6, 6.07) is 3.71. The van der Waals surface area contributed by atoms with Crippen molar-refractivity contribution in [3.8, 4) is 0 Å². The summed E-state index contributed by atoms with van der Waals surface area (Å²) < 4.78 is 25.7. The Bertz CT molecular complexity index is 459. The summed E-state index contributed by atoms with van der Waals surface area (Å²) in [6.07, 6.45) is 3.54. The van der Waals surface area contributed by atoms with Crippen LogP contribution in [0, 0.1) is 29.4 Å². The van der Waals surface area contributed by atoms with Crippen molar-refractivity contribution >= 4 is 5.78 Å². The van der Waals surface area contributed by atoms with Crippen LogP contribution >= 0.6 is 0 Å². The second-order valence-corrected chi connectivity index (χ2v) is 5.32. The first kappa shape index (κ1) is 10.9. The minimum Gasteiger partial charge on any atom is -0.299 e. The van der Waals surface area contributed by atoms with Gasteiger partial charge in [0.25, 0.3) is 0 Å². The van der Waals surface area contributed by atoms with Gasteiger partial charge in [0.05, 0.1) is 0 Å². The lowest BCUT2D eigenvalue weighted by molar-refractivity contribution is -0.122. The van der Waals surface area contributed by atoms with Gasteiger partial charge in [0.1, 0.15) is 5.78 Å². The van der Waals surface area contributed by atoms with Gasteiger partial charge in [-0.25, -0.2) is 8.78 Å². The molecule has 3 heteroatoms. The Balaban J connectivity index is 1.65. The van der Waals surface area contributed by atoms with Crippen molar-refractivity contribution in [2.24, 2.45) is 17.8 Å². The number of rotatable bonds is 3. The molecule has 17 heavy (non-hydrogen) atoms. The van der Waals surface area contributed by atoms with E-state index < -0.39 is 11.6 Å². The fourth-order valence-electron chi connectivity index (χ4n) is 2.97. The predicted octanol–water partition coefficient (Wildman–Crippen LogP) is 3.12. The maximum Gasteiger partial charge on any atom is 0.159 e. The number of hydrogen-bond acceptors (Lipinski definition) is 1. The molecule has 0 aromatic heterocycles. The van der Waals surface area contributed by atoms with E-state index in [1.54, 1.807) is 0 Å². The highest BCUT2D eigenvalue weighted by Crippen LogP contribution is 2.54. The Morgan fingerprint density at radius 3 is 2.47 bits per heavy atom. The van der Waals surface area contributed by atoms with Crippen LogP contribution in [0.3, 0.4) is 0 Å². The molecule has 0 aliphatic heterocycles. The molecule has 2 saturated carbocycles. The van der Waals surface area contributed by atoms with Gasteiger partial charge < -0.3 is 0 Å². The summed E-state index contributed by atoms with van der Waals surface area (Å²) in [5, 5.41) is 0. The minimum absolute atomic E-state index is 0.159. The second-order valence-electron chi connectivity index (χ2n) is 5.32. The molecule has 90 valence electrons. The Hall–Kier alpha value is -1.25. The van der Waals surface area contributed by atoms with Gasteiger partial charge in [-0.1, -0.05) is 6.07 Å². The monoisotopic (exact) mass is 236 g/mol. The number of Topliss-reactive ketones (excluding diaryl/α,β-unsaturated/α-hetero) is 1. The third-order valence-corrected chi connectivity index (χ3v) is 4.06. The first-order valence-corrected chi connectivity index (χ1v) is 6.10. The zero-order valence-electron chi connectivity index (χ0n) is 9.46. The number of carbonyl (C=O) groups is 1. The first-order valence-electron chi connectivity index (χ1n) is 6.10. The zero-order valence-corrected chi connectivity index (χ0v) is 9.46. The molecule has 1 nitrogen and oxygen atoms in total. The van der Waals surface area contributed by atoms with Crippen molar-refractivity contribution in [3.63, 3.8) is 0 Å². The second kappa shape index (κ2) is 3.90. The fraction of sp³-hybridized carbons (Fsp3) is 0.500. The zero-order chi connectivity index (χ0) is 12.0. The molecule has 0 bridgehead atoms. The summed E-state index contributed by atoms with van der Waals surface area (Å²) in [6.45, 7) is 0. The van der Waals surface area contributed by atoms with E-state index in [4.69, 9.17) is 0 Å². The molecule has 2 aliphatic carbocycles. The van der Waals surface area contributed by atoms with E-state index in [2.05, 4.69) is 0 Å². The van der Waals surface area contributed by atoms with E-state index in [1.807, 2.05) is 0 Å². The lowest BCUT2D eigenvalue weighted by Crippen LogP contribution is -2.15. The summed E-state index contributed by atoms with van der Waals surface area (Å²) >= 11 is 0. The Labute approximate surface area is 98.8 Å². The molecule has 1 aromatic rings. The lowest BCUT2D eigenvalue weighted by Gasteiger charge is -2.10. The molecule has 2 atom stereocenters. The van der Waals surface area contributed by atoms with Gasteiger partial charge in [-0.15, -0.1) is 0 Å².